The molecular weight excluding hydrogens is 420 g/mol. The van der Waals surface area contributed by atoms with Crippen molar-refractivity contribution in [3.8, 4) is 0 Å². The summed E-state index contributed by atoms with van der Waals surface area (Å²) >= 11 is 3.60. The van der Waals surface area contributed by atoms with Crippen molar-refractivity contribution in [1.29, 1.82) is 0 Å². The maximum atomic E-state index is 11.6. The van der Waals surface area contributed by atoms with Crippen molar-refractivity contribution in [2.24, 2.45) is 0 Å². The number of carbonyl (C=O) groups excluding carboxylic acids is 1. The molecule has 3 aromatic rings. The second-order valence-corrected chi connectivity index (χ2v) is 7.87. The van der Waals surface area contributed by atoms with E-state index >= 15 is 0 Å². The van der Waals surface area contributed by atoms with E-state index in [-0.39, 0.29) is 0 Å². The van der Waals surface area contributed by atoms with Crippen LogP contribution in [-0.4, -0.2) is 53.6 Å². The molecule has 7 heteroatoms. The van der Waals surface area contributed by atoms with Crippen LogP contribution in [0.2, 0.25) is 0 Å². The molecule has 0 aliphatic carbocycles. The van der Waals surface area contributed by atoms with Gasteiger partial charge in [0, 0.05) is 48.4 Å². The largest absolute Gasteiger partial charge is 0.379 e. The van der Waals surface area contributed by atoms with Crippen molar-refractivity contribution in [2.75, 3.05) is 38.2 Å². The highest BCUT2D eigenvalue weighted by Gasteiger charge is 2.15. The van der Waals surface area contributed by atoms with E-state index < -0.39 is 0 Å². The minimum absolute atomic E-state index is 0.547. The van der Waals surface area contributed by atoms with Crippen molar-refractivity contribution in [3.05, 3.63) is 52.3 Å². The standard InChI is InChI=1S/C21H23BrN4O2/c1-15-2-3-19(18(22)12-15)24-20-16(14-27)13-23-21-17(20)4-5-26(21)7-6-25-8-10-28-11-9-25/h2-5,12-14H,6-11H2,1H3,(H,23,24). The molecule has 4 rings (SSSR count). The van der Waals surface area contributed by atoms with Gasteiger partial charge in [-0.15, -0.1) is 0 Å². The Hall–Kier alpha value is -2.22. The molecule has 1 fully saturated rings. The van der Waals surface area contributed by atoms with E-state index in [1.807, 2.05) is 31.3 Å². The molecule has 0 amide bonds. The van der Waals surface area contributed by atoms with Gasteiger partial charge >= 0.3 is 0 Å². The lowest BCUT2D eigenvalue weighted by atomic mass is 10.1. The van der Waals surface area contributed by atoms with Crippen LogP contribution in [0.5, 0.6) is 0 Å². The summed E-state index contributed by atoms with van der Waals surface area (Å²) in [6.07, 6.45) is 4.54. The van der Waals surface area contributed by atoms with E-state index in [0.717, 1.165) is 72.6 Å². The summed E-state index contributed by atoms with van der Waals surface area (Å²) in [5, 5.41) is 4.37. The lowest BCUT2D eigenvalue weighted by Gasteiger charge is -2.26. The molecule has 0 saturated carbocycles. The SMILES string of the molecule is Cc1ccc(Nc2c(C=O)cnc3c2ccn3CCN2CCOCC2)c(Br)c1. The van der Waals surface area contributed by atoms with E-state index in [1.54, 1.807) is 6.20 Å². The van der Waals surface area contributed by atoms with Gasteiger partial charge in [0.15, 0.2) is 6.29 Å². The number of nitrogens with zero attached hydrogens (tertiary/aromatic N) is 3. The highest BCUT2D eigenvalue weighted by Crippen LogP contribution is 2.32. The molecule has 1 saturated heterocycles. The summed E-state index contributed by atoms with van der Waals surface area (Å²) in [6.45, 7) is 7.39. The Balaban J connectivity index is 1.63. The topological polar surface area (TPSA) is 59.4 Å². The van der Waals surface area contributed by atoms with Gasteiger partial charge in [0.05, 0.1) is 30.2 Å². The number of nitrogens with one attached hydrogen (secondary N) is 1. The fourth-order valence-electron chi connectivity index (χ4n) is 3.49. The summed E-state index contributed by atoms with van der Waals surface area (Å²) in [6, 6.07) is 8.13. The van der Waals surface area contributed by atoms with Crippen molar-refractivity contribution in [3.63, 3.8) is 0 Å². The van der Waals surface area contributed by atoms with Crippen LogP contribution in [0, 0.1) is 6.92 Å². The zero-order chi connectivity index (χ0) is 19.5. The fourth-order valence-corrected chi connectivity index (χ4v) is 4.09. The van der Waals surface area contributed by atoms with Crippen LogP contribution in [0.15, 0.2) is 41.1 Å². The van der Waals surface area contributed by atoms with Gasteiger partial charge in [0.25, 0.3) is 0 Å². The van der Waals surface area contributed by atoms with E-state index in [9.17, 15) is 4.79 Å². The first-order valence-electron chi connectivity index (χ1n) is 9.42. The molecule has 6 nitrogen and oxygen atoms in total. The maximum absolute atomic E-state index is 11.6. The smallest absolute Gasteiger partial charge is 0.153 e. The molecule has 1 N–H and O–H groups in total. The molecule has 146 valence electrons. The average Bonchev–Trinajstić information content (AvgIpc) is 3.13. The molecule has 0 unspecified atom stereocenters. The van der Waals surface area contributed by atoms with Gasteiger partial charge in [0.1, 0.15) is 5.65 Å². The van der Waals surface area contributed by atoms with Gasteiger partial charge in [-0.25, -0.2) is 4.98 Å². The molecule has 3 heterocycles. The number of hydrogen-bond donors (Lipinski definition) is 1. The molecule has 0 atom stereocenters. The Labute approximate surface area is 172 Å². The number of fused-ring (bicyclic) bond motifs is 1. The number of halogens is 1. The zero-order valence-corrected chi connectivity index (χ0v) is 17.4. The number of aldehydes is 1. The molecule has 1 aromatic carbocycles. The lowest BCUT2D eigenvalue weighted by molar-refractivity contribution is 0.0365. The molecule has 0 spiro atoms. The third-order valence-corrected chi connectivity index (χ3v) is 5.75. The Kier molecular flexibility index (Phi) is 5.75. The van der Waals surface area contributed by atoms with E-state index in [4.69, 9.17) is 4.74 Å². The first-order chi connectivity index (χ1) is 13.7. The normalized spacial score (nSPS) is 15.1. The molecule has 1 aliphatic rings. The number of hydrogen-bond acceptors (Lipinski definition) is 5. The van der Waals surface area contributed by atoms with E-state index in [1.165, 1.54) is 5.56 Å². The number of aromatic nitrogens is 2. The number of morpholine rings is 1. The molecule has 28 heavy (non-hydrogen) atoms. The Morgan fingerprint density at radius 2 is 2.07 bits per heavy atom. The molecule has 0 radical (unpaired) electrons. The highest BCUT2D eigenvalue weighted by atomic mass is 79.9. The Bertz CT molecular complexity index is 995. The predicted octanol–water partition coefficient (Wildman–Crippen LogP) is 4.00. The number of rotatable bonds is 6. The lowest BCUT2D eigenvalue weighted by Crippen LogP contribution is -2.38. The second kappa shape index (κ2) is 8.43. The maximum Gasteiger partial charge on any atom is 0.153 e. The number of pyridine rings is 1. The van der Waals surface area contributed by atoms with Gasteiger partial charge in [-0.05, 0) is 46.6 Å². The molecule has 2 aromatic heterocycles. The third kappa shape index (κ3) is 3.97. The van der Waals surface area contributed by atoms with Gasteiger partial charge < -0.3 is 14.6 Å². The van der Waals surface area contributed by atoms with E-state index in [2.05, 4.69) is 41.8 Å². The summed E-state index contributed by atoms with van der Waals surface area (Å²) in [4.78, 5) is 18.6. The summed E-state index contributed by atoms with van der Waals surface area (Å²) in [5.74, 6) is 0. The molecule has 1 aliphatic heterocycles. The zero-order valence-electron chi connectivity index (χ0n) is 15.8. The molecular formula is C21H23BrN4O2. The average molecular weight is 443 g/mol. The minimum Gasteiger partial charge on any atom is -0.379 e. The summed E-state index contributed by atoms with van der Waals surface area (Å²) in [7, 11) is 0. The van der Waals surface area contributed by atoms with Crippen LogP contribution in [0.1, 0.15) is 15.9 Å². The summed E-state index contributed by atoms with van der Waals surface area (Å²) in [5.41, 5.74) is 4.30. The van der Waals surface area contributed by atoms with Gasteiger partial charge in [0.2, 0.25) is 0 Å². The first kappa shape index (κ1) is 19.1. The van der Waals surface area contributed by atoms with Gasteiger partial charge in [-0.1, -0.05) is 6.07 Å². The van der Waals surface area contributed by atoms with Crippen molar-refractivity contribution in [1.82, 2.24) is 14.5 Å². The van der Waals surface area contributed by atoms with Crippen molar-refractivity contribution >= 4 is 44.6 Å². The van der Waals surface area contributed by atoms with Crippen LogP contribution < -0.4 is 5.32 Å². The first-order valence-corrected chi connectivity index (χ1v) is 10.2. The predicted molar refractivity (Wildman–Crippen MR) is 115 cm³/mol. The number of benzene rings is 1. The quantitative estimate of drug-likeness (QED) is 0.584. The van der Waals surface area contributed by atoms with Gasteiger partial charge in [-0.2, -0.15) is 0 Å². The fraction of sp³-hybridized carbons (Fsp3) is 0.333. The van der Waals surface area contributed by atoms with Crippen LogP contribution in [0.4, 0.5) is 11.4 Å². The van der Waals surface area contributed by atoms with Crippen LogP contribution >= 0.6 is 15.9 Å². The number of anilines is 2. The van der Waals surface area contributed by atoms with Crippen LogP contribution in [0.25, 0.3) is 11.0 Å². The van der Waals surface area contributed by atoms with Crippen LogP contribution in [-0.2, 0) is 11.3 Å². The molecule has 0 bridgehead atoms. The van der Waals surface area contributed by atoms with Crippen molar-refractivity contribution < 1.29 is 9.53 Å². The van der Waals surface area contributed by atoms with E-state index in [0.29, 0.717) is 5.56 Å². The third-order valence-electron chi connectivity index (χ3n) is 5.09. The monoisotopic (exact) mass is 442 g/mol. The van der Waals surface area contributed by atoms with Gasteiger partial charge in [-0.3, -0.25) is 9.69 Å². The minimum atomic E-state index is 0.547. The number of aryl methyl sites for hydroxylation is 1. The number of carbonyl (C=O) groups is 1. The summed E-state index contributed by atoms with van der Waals surface area (Å²) < 4.78 is 8.52. The second-order valence-electron chi connectivity index (χ2n) is 7.02. The van der Waals surface area contributed by atoms with Crippen molar-refractivity contribution in [2.45, 2.75) is 13.5 Å². The van der Waals surface area contributed by atoms with Crippen LogP contribution in [0.3, 0.4) is 0 Å². The number of ether oxygens (including phenoxy) is 1. The highest BCUT2D eigenvalue weighted by molar-refractivity contribution is 9.10. The Morgan fingerprint density at radius 1 is 1.25 bits per heavy atom. The Morgan fingerprint density at radius 3 is 2.82 bits per heavy atom.